The molecule has 0 spiro atoms. The summed E-state index contributed by atoms with van der Waals surface area (Å²) in [5, 5.41) is 14.2. The van der Waals surface area contributed by atoms with Crippen LogP contribution in [0.5, 0.6) is 0 Å². The molecule has 0 aliphatic carbocycles. The standard InChI is InChI=1S/C16H22N2O4/c1-11(2)17-14(19)7-4-8-15(20)18-13-6-3-5-12(9-13)10-16(21)22/h3,5-6,9,11H,4,7-8,10H2,1-2H3,(H,17,19)(H,18,20)(H,21,22). The lowest BCUT2D eigenvalue weighted by Gasteiger charge is -2.09. The number of hydrogen-bond acceptors (Lipinski definition) is 3. The Bertz CT molecular complexity index is 541. The SMILES string of the molecule is CC(C)NC(=O)CCCC(=O)Nc1cccc(CC(=O)O)c1. The molecule has 0 bridgehead atoms. The highest BCUT2D eigenvalue weighted by Crippen LogP contribution is 2.12. The molecule has 22 heavy (non-hydrogen) atoms. The van der Waals surface area contributed by atoms with Gasteiger partial charge in [0.05, 0.1) is 6.42 Å². The Kier molecular flexibility index (Phi) is 7.08. The number of anilines is 1. The van der Waals surface area contributed by atoms with E-state index in [4.69, 9.17) is 5.11 Å². The molecule has 1 aromatic rings. The van der Waals surface area contributed by atoms with Crippen molar-refractivity contribution in [2.24, 2.45) is 0 Å². The molecule has 0 heterocycles. The molecule has 0 aliphatic rings. The van der Waals surface area contributed by atoms with Crippen LogP contribution in [0.4, 0.5) is 5.69 Å². The Labute approximate surface area is 129 Å². The first-order valence-electron chi connectivity index (χ1n) is 7.26. The van der Waals surface area contributed by atoms with E-state index in [-0.39, 0.29) is 30.7 Å². The van der Waals surface area contributed by atoms with E-state index in [2.05, 4.69) is 10.6 Å². The second-order valence-corrected chi connectivity index (χ2v) is 5.39. The van der Waals surface area contributed by atoms with Gasteiger partial charge in [-0.1, -0.05) is 12.1 Å². The number of rotatable bonds is 8. The Balaban J connectivity index is 2.39. The molecule has 0 fully saturated rings. The van der Waals surface area contributed by atoms with Crippen LogP contribution >= 0.6 is 0 Å². The Morgan fingerprint density at radius 1 is 1.14 bits per heavy atom. The maximum Gasteiger partial charge on any atom is 0.307 e. The lowest BCUT2D eigenvalue weighted by molar-refractivity contribution is -0.136. The van der Waals surface area contributed by atoms with Gasteiger partial charge >= 0.3 is 5.97 Å². The summed E-state index contributed by atoms with van der Waals surface area (Å²) in [6, 6.07) is 6.83. The third-order valence-electron chi connectivity index (χ3n) is 2.82. The van der Waals surface area contributed by atoms with Crippen LogP contribution in [0.15, 0.2) is 24.3 Å². The van der Waals surface area contributed by atoms with Gasteiger partial charge in [0.1, 0.15) is 0 Å². The van der Waals surface area contributed by atoms with Gasteiger partial charge in [-0.15, -0.1) is 0 Å². The topological polar surface area (TPSA) is 95.5 Å². The molecule has 120 valence electrons. The molecule has 0 saturated heterocycles. The van der Waals surface area contributed by atoms with Crippen LogP contribution < -0.4 is 10.6 Å². The number of carboxylic acids is 1. The summed E-state index contributed by atoms with van der Waals surface area (Å²) in [5.74, 6) is -1.17. The summed E-state index contributed by atoms with van der Waals surface area (Å²) in [6.45, 7) is 3.77. The van der Waals surface area contributed by atoms with E-state index < -0.39 is 5.97 Å². The minimum Gasteiger partial charge on any atom is -0.481 e. The van der Waals surface area contributed by atoms with Crippen LogP contribution in [0.25, 0.3) is 0 Å². The number of carbonyl (C=O) groups is 3. The van der Waals surface area contributed by atoms with E-state index in [1.807, 2.05) is 13.8 Å². The minimum absolute atomic E-state index is 0.0637. The van der Waals surface area contributed by atoms with Crippen molar-refractivity contribution in [2.45, 2.75) is 45.6 Å². The first-order chi connectivity index (χ1) is 10.4. The van der Waals surface area contributed by atoms with E-state index >= 15 is 0 Å². The molecule has 1 aromatic carbocycles. The molecular formula is C16H22N2O4. The average molecular weight is 306 g/mol. The highest BCUT2D eigenvalue weighted by atomic mass is 16.4. The third kappa shape index (κ3) is 7.42. The molecule has 0 aromatic heterocycles. The zero-order chi connectivity index (χ0) is 16.5. The van der Waals surface area contributed by atoms with Crippen LogP contribution in [-0.4, -0.2) is 28.9 Å². The molecule has 2 amide bonds. The van der Waals surface area contributed by atoms with Gasteiger partial charge in [0.2, 0.25) is 11.8 Å². The van der Waals surface area contributed by atoms with E-state index in [1.54, 1.807) is 24.3 Å². The fourth-order valence-corrected chi connectivity index (χ4v) is 1.96. The van der Waals surface area contributed by atoms with Crippen LogP contribution in [0, 0.1) is 0 Å². The van der Waals surface area contributed by atoms with E-state index in [0.29, 0.717) is 24.1 Å². The summed E-state index contributed by atoms with van der Waals surface area (Å²) < 4.78 is 0. The van der Waals surface area contributed by atoms with Crippen LogP contribution in [0.1, 0.15) is 38.7 Å². The van der Waals surface area contributed by atoms with Gasteiger partial charge in [-0.3, -0.25) is 14.4 Å². The highest BCUT2D eigenvalue weighted by molar-refractivity contribution is 5.91. The van der Waals surface area contributed by atoms with E-state index in [9.17, 15) is 14.4 Å². The Morgan fingerprint density at radius 3 is 2.45 bits per heavy atom. The maximum absolute atomic E-state index is 11.8. The van der Waals surface area contributed by atoms with Crippen molar-refractivity contribution in [1.82, 2.24) is 5.32 Å². The van der Waals surface area contributed by atoms with Gasteiger partial charge in [-0.05, 0) is 38.0 Å². The summed E-state index contributed by atoms with van der Waals surface area (Å²) in [6.07, 6.45) is 0.942. The van der Waals surface area contributed by atoms with Gasteiger partial charge in [0.25, 0.3) is 0 Å². The molecule has 0 unspecified atom stereocenters. The van der Waals surface area contributed by atoms with Gasteiger partial charge in [0.15, 0.2) is 0 Å². The van der Waals surface area contributed by atoms with Crippen LogP contribution in [0.2, 0.25) is 0 Å². The summed E-state index contributed by atoms with van der Waals surface area (Å²) in [4.78, 5) is 33.9. The monoisotopic (exact) mass is 306 g/mol. The van der Waals surface area contributed by atoms with Gasteiger partial charge in [-0.25, -0.2) is 0 Å². The molecule has 0 atom stereocenters. The van der Waals surface area contributed by atoms with Crippen molar-refractivity contribution in [2.75, 3.05) is 5.32 Å². The van der Waals surface area contributed by atoms with Crippen molar-refractivity contribution in [3.8, 4) is 0 Å². The lowest BCUT2D eigenvalue weighted by atomic mass is 10.1. The number of carbonyl (C=O) groups excluding carboxylic acids is 2. The summed E-state index contributed by atoms with van der Waals surface area (Å²) in [7, 11) is 0. The van der Waals surface area contributed by atoms with Gasteiger partial charge < -0.3 is 15.7 Å². The zero-order valence-electron chi connectivity index (χ0n) is 12.9. The second kappa shape index (κ2) is 8.81. The van der Waals surface area contributed by atoms with Crippen LogP contribution in [-0.2, 0) is 20.8 Å². The molecule has 3 N–H and O–H groups in total. The number of nitrogens with one attached hydrogen (secondary N) is 2. The predicted octanol–water partition coefficient (Wildman–Crippen LogP) is 1.95. The van der Waals surface area contributed by atoms with Gasteiger partial charge in [-0.2, -0.15) is 0 Å². The number of carboxylic acid groups (broad SMARTS) is 1. The van der Waals surface area contributed by atoms with E-state index in [0.717, 1.165) is 0 Å². The van der Waals surface area contributed by atoms with Gasteiger partial charge in [0, 0.05) is 24.6 Å². The normalized spacial score (nSPS) is 10.3. The molecular weight excluding hydrogens is 284 g/mol. The van der Waals surface area contributed by atoms with Crippen molar-refractivity contribution in [3.63, 3.8) is 0 Å². The number of benzene rings is 1. The molecule has 1 rings (SSSR count). The van der Waals surface area contributed by atoms with Crippen molar-refractivity contribution < 1.29 is 19.5 Å². The van der Waals surface area contributed by atoms with E-state index in [1.165, 1.54) is 0 Å². The Morgan fingerprint density at radius 2 is 1.82 bits per heavy atom. The fourth-order valence-electron chi connectivity index (χ4n) is 1.96. The number of aliphatic carboxylic acids is 1. The molecule has 6 nitrogen and oxygen atoms in total. The zero-order valence-corrected chi connectivity index (χ0v) is 12.9. The molecule has 0 saturated carbocycles. The Hall–Kier alpha value is -2.37. The molecule has 0 aliphatic heterocycles. The first kappa shape index (κ1) is 17.7. The predicted molar refractivity (Wildman–Crippen MR) is 83.5 cm³/mol. The summed E-state index contributed by atoms with van der Waals surface area (Å²) >= 11 is 0. The largest absolute Gasteiger partial charge is 0.481 e. The smallest absolute Gasteiger partial charge is 0.307 e. The highest BCUT2D eigenvalue weighted by Gasteiger charge is 2.07. The summed E-state index contributed by atoms with van der Waals surface area (Å²) in [5.41, 5.74) is 1.19. The van der Waals surface area contributed by atoms with Crippen molar-refractivity contribution >= 4 is 23.5 Å². The minimum atomic E-state index is -0.917. The lowest BCUT2D eigenvalue weighted by Crippen LogP contribution is -2.30. The fraction of sp³-hybridized carbons (Fsp3) is 0.438. The number of amides is 2. The van der Waals surface area contributed by atoms with Crippen molar-refractivity contribution in [1.29, 1.82) is 0 Å². The average Bonchev–Trinajstić information content (AvgIpc) is 2.37. The molecule has 6 heteroatoms. The maximum atomic E-state index is 11.8. The third-order valence-corrected chi connectivity index (χ3v) is 2.82. The number of hydrogen-bond donors (Lipinski definition) is 3. The quantitative estimate of drug-likeness (QED) is 0.684. The van der Waals surface area contributed by atoms with Crippen LogP contribution in [0.3, 0.4) is 0 Å². The molecule has 0 radical (unpaired) electrons. The van der Waals surface area contributed by atoms with Crippen molar-refractivity contribution in [3.05, 3.63) is 29.8 Å². The second-order valence-electron chi connectivity index (χ2n) is 5.39. The first-order valence-corrected chi connectivity index (χ1v) is 7.26.